The number of aliphatic hydroxyl groups excluding tert-OH is 1. The van der Waals surface area contributed by atoms with Gasteiger partial charge in [0, 0.05) is 38.8 Å². The zero-order chi connectivity index (χ0) is 13.9. The van der Waals surface area contributed by atoms with Gasteiger partial charge < -0.3 is 9.84 Å². The summed E-state index contributed by atoms with van der Waals surface area (Å²) in [6.45, 7) is 4.15. The molecule has 0 spiro atoms. The predicted molar refractivity (Wildman–Crippen MR) is 71.8 cm³/mol. The Morgan fingerprint density at radius 1 is 1.42 bits per heavy atom. The van der Waals surface area contributed by atoms with Gasteiger partial charge in [0.15, 0.2) is 0 Å². The molecule has 2 heterocycles. The molecule has 0 aromatic carbocycles. The van der Waals surface area contributed by atoms with Gasteiger partial charge in [0.05, 0.1) is 6.10 Å². The summed E-state index contributed by atoms with van der Waals surface area (Å²) in [5, 5.41) is 9.15. The first kappa shape index (κ1) is 15.2. The van der Waals surface area contributed by atoms with Crippen LogP contribution < -0.4 is 4.72 Å². The standard InChI is InChI=1S/C12H24N2O4S/c1-10-12(4-6-18-10)7-13-19(16,17)14-5-2-3-11(8-14)9-15/h10-13,15H,2-9H2,1H3. The Balaban J connectivity index is 1.87. The second-order valence-corrected chi connectivity index (χ2v) is 7.28. The fourth-order valence-electron chi connectivity index (χ4n) is 2.74. The molecule has 112 valence electrons. The van der Waals surface area contributed by atoms with Crippen molar-refractivity contribution in [2.75, 3.05) is 32.8 Å². The van der Waals surface area contributed by atoms with Gasteiger partial charge in [-0.05, 0) is 32.1 Å². The van der Waals surface area contributed by atoms with Gasteiger partial charge in [-0.15, -0.1) is 0 Å². The Kier molecular flexibility index (Phi) is 5.19. The number of nitrogens with one attached hydrogen (secondary N) is 1. The Morgan fingerprint density at radius 2 is 2.21 bits per heavy atom. The average Bonchev–Trinajstić information content (AvgIpc) is 2.82. The van der Waals surface area contributed by atoms with Crippen molar-refractivity contribution in [1.82, 2.24) is 9.03 Å². The quantitative estimate of drug-likeness (QED) is 0.745. The molecular weight excluding hydrogens is 268 g/mol. The van der Waals surface area contributed by atoms with E-state index in [1.807, 2.05) is 6.92 Å². The molecule has 2 aliphatic heterocycles. The lowest BCUT2D eigenvalue weighted by Gasteiger charge is -2.31. The maximum Gasteiger partial charge on any atom is 0.279 e. The van der Waals surface area contributed by atoms with Crippen LogP contribution in [-0.2, 0) is 14.9 Å². The molecule has 0 saturated carbocycles. The number of aliphatic hydroxyl groups is 1. The van der Waals surface area contributed by atoms with E-state index in [1.165, 1.54) is 4.31 Å². The normalized spacial score (nSPS) is 33.7. The first-order valence-electron chi connectivity index (χ1n) is 7.00. The maximum atomic E-state index is 12.2. The van der Waals surface area contributed by atoms with Crippen LogP contribution in [0.15, 0.2) is 0 Å². The summed E-state index contributed by atoms with van der Waals surface area (Å²) >= 11 is 0. The fraction of sp³-hybridized carbons (Fsp3) is 1.00. The van der Waals surface area contributed by atoms with Crippen molar-refractivity contribution in [1.29, 1.82) is 0 Å². The fourth-order valence-corrected chi connectivity index (χ4v) is 4.13. The van der Waals surface area contributed by atoms with Crippen molar-refractivity contribution in [2.45, 2.75) is 32.3 Å². The van der Waals surface area contributed by atoms with E-state index in [2.05, 4.69) is 4.72 Å². The van der Waals surface area contributed by atoms with Crippen LogP contribution in [0.4, 0.5) is 0 Å². The number of rotatable bonds is 5. The lowest BCUT2D eigenvalue weighted by Crippen LogP contribution is -2.48. The summed E-state index contributed by atoms with van der Waals surface area (Å²) in [6.07, 6.45) is 2.74. The van der Waals surface area contributed by atoms with Gasteiger partial charge >= 0.3 is 0 Å². The largest absolute Gasteiger partial charge is 0.396 e. The molecule has 2 rings (SSSR count). The highest BCUT2D eigenvalue weighted by Crippen LogP contribution is 2.21. The van der Waals surface area contributed by atoms with Gasteiger partial charge in [0.2, 0.25) is 0 Å². The van der Waals surface area contributed by atoms with Crippen LogP contribution >= 0.6 is 0 Å². The van der Waals surface area contributed by atoms with E-state index in [-0.39, 0.29) is 24.5 Å². The average molecular weight is 292 g/mol. The zero-order valence-corrected chi connectivity index (χ0v) is 12.2. The highest BCUT2D eigenvalue weighted by atomic mass is 32.2. The molecule has 2 fully saturated rings. The third-order valence-corrected chi connectivity index (χ3v) is 5.68. The van der Waals surface area contributed by atoms with Gasteiger partial charge in [-0.3, -0.25) is 0 Å². The van der Waals surface area contributed by atoms with Crippen molar-refractivity contribution < 1.29 is 18.3 Å². The summed E-state index contributed by atoms with van der Waals surface area (Å²) in [4.78, 5) is 0. The SMILES string of the molecule is CC1OCCC1CNS(=O)(=O)N1CCCC(CO)C1. The van der Waals surface area contributed by atoms with E-state index >= 15 is 0 Å². The minimum Gasteiger partial charge on any atom is -0.396 e. The molecule has 2 N–H and O–H groups in total. The van der Waals surface area contributed by atoms with Gasteiger partial charge in [-0.1, -0.05) is 0 Å². The monoisotopic (exact) mass is 292 g/mol. The third kappa shape index (κ3) is 3.88. The van der Waals surface area contributed by atoms with E-state index in [0.717, 1.165) is 19.3 Å². The van der Waals surface area contributed by atoms with Crippen LogP contribution in [0.25, 0.3) is 0 Å². The van der Waals surface area contributed by atoms with Crippen LogP contribution in [0.5, 0.6) is 0 Å². The molecule has 0 aromatic heterocycles. The molecule has 2 saturated heterocycles. The van der Waals surface area contributed by atoms with E-state index in [4.69, 9.17) is 9.84 Å². The van der Waals surface area contributed by atoms with E-state index in [0.29, 0.717) is 26.2 Å². The molecule has 0 aliphatic carbocycles. The molecule has 19 heavy (non-hydrogen) atoms. The van der Waals surface area contributed by atoms with E-state index in [9.17, 15) is 8.42 Å². The van der Waals surface area contributed by atoms with Crippen LogP contribution in [0.3, 0.4) is 0 Å². The minimum atomic E-state index is -3.42. The van der Waals surface area contributed by atoms with Crippen LogP contribution in [-0.4, -0.2) is 56.8 Å². The topological polar surface area (TPSA) is 78.9 Å². The molecule has 7 heteroatoms. The number of hydrogen-bond donors (Lipinski definition) is 2. The van der Waals surface area contributed by atoms with Gasteiger partial charge in [0.25, 0.3) is 10.2 Å². The smallest absolute Gasteiger partial charge is 0.279 e. The lowest BCUT2D eigenvalue weighted by atomic mass is 10.0. The molecular formula is C12H24N2O4S. The van der Waals surface area contributed by atoms with Gasteiger partial charge in [-0.25, -0.2) is 4.72 Å². The molecule has 3 unspecified atom stereocenters. The van der Waals surface area contributed by atoms with Crippen LogP contribution in [0, 0.1) is 11.8 Å². The van der Waals surface area contributed by atoms with Gasteiger partial charge in [0.1, 0.15) is 0 Å². The highest BCUT2D eigenvalue weighted by molar-refractivity contribution is 7.87. The van der Waals surface area contributed by atoms with Crippen molar-refractivity contribution in [3.05, 3.63) is 0 Å². The van der Waals surface area contributed by atoms with Crippen molar-refractivity contribution in [2.24, 2.45) is 11.8 Å². The minimum absolute atomic E-state index is 0.0551. The van der Waals surface area contributed by atoms with Crippen molar-refractivity contribution in [3.63, 3.8) is 0 Å². The van der Waals surface area contributed by atoms with Crippen LogP contribution in [0.2, 0.25) is 0 Å². The number of ether oxygens (including phenoxy) is 1. The second kappa shape index (κ2) is 6.49. The second-order valence-electron chi connectivity index (χ2n) is 5.53. The van der Waals surface area contributed by atoms with Gasteiger partial charge in [-0.2, -0.15) is 12.7 Å². The predicted octanol–water partition coefficient (Wildman–Crippen LogP) is -0.0499. The Hall–Kier alpha value is -0.210. The Labute approximate surface area is 115 Å². The highest BCUT2D eigenvalue weighted by Gasteiger charge is 2.30. The molecule has 2 aliphatic rings. The van der Waals surface area contributed by atoms with Crippen molar-refractivity contribution in [3.8, 4) is 0 Å². The summed E-state index contributed by atoms with van der Waals surface area (Å²) in [6, 6.07) is 0. The molecule has 0 aromatic rings. The van der Waals surface area contributed by atoms with Crippen LogP contribution in [0.1, 0.15) is 26.2 Å². The van der Waals surface area contributed by atoms with E-state index < -0.39 is 10.2 Å². The summed E-state index contributed by atoms with van der Waals surface area (Å²) in [5.41, 5.74) is 0. The number of nitrogens with zero attached hydrogens (tertiary/aromatic N) is 1. The van der Waals surface area contributed by atoms with E-state index in [1.54, 1.807) is 0 Å². The first-order chi connectivity index (χ1) is 9.03. The summed E-state index contributed by atoms with van der Waals surface area (Å²) < 4.78 is 34.0. The molecule has 0 bridgehead atoms. The summed E-state index contributed by atoms with van der Waals surface area (Å²) in [5.74, 6) is 0.326. The number of piperidine rings is 1. The molecule has 3 atom stereocenters. The Morgan fingerprint density at radius 3 is 2.84 bits per heavy atom. The zero-order valence-electron chi connectivity index (χ0n) is 11.4. The number of hydrogen-bond acceptors (Lipinski definition) is 4. The Bertz CT molecular complexity index is 387. The maximum absolute atomic E-state index is 12.2. The third-order valence-electron chi connectivity index (χ3n) is 4.14. The molecule has 6 nitrogen and oxygen atoms in total. The lowest BCUT2D eigenvalue weighted by molar-refractivity contribution is 0.106. The van der Waals surface area contributed by atoms with Crippen molar-refractivity contribution >= 4 is 10.2 Å². The molecule has 0 radical (unpaired) electrons. The first-order valence-corrected chi connectivity index (χ1v) is 8.44. The molecule has 0 amide bonds. The summed E-state index contributed by atoms with van der Waals surface area (Å²) in [7, 11) is -3.42.